The van der Waals surface area contributed by atoms with Crippen LogP contribution in [0.3, 0.4) is 0 Å². The van der Waals surface area contributed by atoms with Crippen LogP contribution in [0, 0.1) is 0 Å². The molecule has 1 saturated carbocycles. The van der Waals surface area contributed by atoms with E-state index in [1.807, 2.05) is 19.9 Å². The summed E-state index contributed by atoms with van der Waals surface area (Å²) >= 11 is 0. The van der Waals surface area contributed by atoms with Gasteiger partial charge in [-0.25, -0.2) is 9.78 Å². The van der Waals surface area contributed by atoms with Gasteiger partial charge in [0.1, 0.15) is 29.2 Å². The van der Waals surface area contributed by atoms with E-state index < -0.39 is 0 Å². The van der Waals surface area contributed by atoms with Crippen LogP contribution >= 0.6 is 0 Å². The van der Waals surface area contributed by atoms with Gasteiger partial charge >= 0.3 is 6.09 Å². The van der Waals surface area contributed by atoms with Crippen LogP contribution in [0.15, 0.2) is 42.6 Å². The standard InChI is InChI=1S/C24H27N5O5/c1-14(2)26-24(32)34-16-7-6-15(10-16)19-12-23(29-28-19)27-22-11-17(8-9-25-22)33-21-5-3-4-20(31)18(21)13-30/h3-5,8-9,11-16,31H,6-7,10H2,1-2H3,(H,26,32)(H2,25,27,28,29)/t15-,16+/m0/s1. The first-order valence-corrected chi connectivity index (χ1v) is 11.1. The van der Waals surface area contributed by atoms with Crippen molar-refractivity contribution in [3.63, 3.8) is 0 Å². The molecule has 0 radical (unpaired) electrons. The molecular weight excluding hydrogens is 438 g/mol. The average molecular weight is 466 g/mol. The molecule has 1 aliphatic rings. The second-order valence-electron chi connectivity index (χ2n) is 8.46. The Morgan fingerprint density at radius 3 is 2.88 bits per heavy atom. The number of pyridine rings is 1. The third-order valence-corrected chi connectivity index (χ3v) is 5.48. The van der Waals surface area contributed by atoms with Crippen molar-refractivity contribution < 1.29 is 24.2 Å². The van der Waals surface area contributed by atoms with Crippen LogP contribution in [0.1, 0.15) is 55.1 Å². The lowest BCUT2D eigenvalue weighted by molar-refractivity contribution is 0.0981. The van der Waals surface area contributed by atoms with E-state index >= 15 is 0 Å². The summed E-state index contributed by atoms with van der Waals surface area (Å²) in [5.41, 5.74) is 1.03. The number of nitrogens with one attached hydrogen (secondary N) is 3. The van der Waals surface area contributed by atoms with Crippen molar-refractivity contribution in [1.29, 1.82) is 0 Å². The number of phenols is 1. The number of carbonyl (C=O) groups excluding carboxylic acids is 2. The Morgan fingerprint density at radius 1 is 1.24 bits per heavy atom. The van der Waals surface area contributed by atoms with Gasteiger partial charge in [0.25, 0.3) is 0 Å². The first-order chi connectivity index (χ1) is 16.4. The lowest BCUT2D eigenvalue weighted by Crippen LogP contribution is -2.33. The van der Waals surface area contributed by atoms with Gasteiger partial charge in [0.2, 0.25) is 0 Å². The van der Waals surface area contributed by atoms with Crippen molar-refractivity contribution in [1.82, 2.24) is 20.5 Å². The minimum atomic E-state index is -0.383. The first kappa shape index (κ1) is 23.1. The van der Waals surface area contributed by atoms with Gasteiger partial charge in [-0.3, -0.25) is 9.89 Å². The van der Waals surface area contributed by atoms with Gasteiger partial charge in [-0.15, -0.1) is 0 Å². The molecule has 2 aromatic heterocycles. The van der Waals surface area contributed by atoms with Crippen LogP contribution in [0.5, 0.6) is 17.2 Å². The van der Waals surface area contributed by atoms with Gasteiger partial charge in [0.15, 0.2) is 12.1 Å². The molecule has 3 aromatic rings. The number of hydrogen-bond acceptors (Lipinski definition) is 8. The van der Waals surface area contributed by atoms with Crippen LogP contribution in [-0.2, 0) is 4.74 Å². The first-order valence-electron chi connectivity index (χ1n) is 11.1. The maximum atomic E-state index is 11.8. The quantitative estimate of drug-likeness (QED) is 0.353. The summed E-state index contributed by atoms with van der Waals surface area (Å²) in [6.45, 7) is 3.78. The Bertz CT molecular complexity index is 1160. The van der Waals surface area contributed by atoms with E-state index in [9.17, 15) is 14.7 Å². The second kappa shape index (κ2) is 10.2. The number of aromatic amines is 1. The van der Waals surface area contributed by atoms with Crippen molar-refractivity contribution in [3.05, 3.63) is 53.9 Å². The maximum absolute atomic E-state index is 11.8. The molecule has 1 amide bonds. The lowest BCUT2D eigenvalue weighted by Gasteiger charge is -2.14. The van der Waals surface area contributed by atoms with Crippen molar-refractivity contribution in [2.75, 3.05) is 5.32 Å². The topological polar surface area (TPSA) is 138 Å². The minimum absolute atomic E-state index is 0.0374. The summed E-state index contributed by atoms with van der Waals surface area (Å²) in [4.78, 5) is 27.4. The van der Waals surface area contributed by atoms with Gasteiger partial charge in [0.05, 0.1) is 5.56 Å². The number of aromatic nitrogens is 3. The number of benzene rings is 1. The lowest BCUT2D eigenvalue weighted by atomic mass is 10.0. The van der Waals surface area contributed by atoms with Gasteiger partial charge in [0, 0.05) is 36.0 Å². The summed E-state index contributed by atoms with van der Waals surface area (Å²) in [6.07, 6.45) is 4.04. The highest BCUT2D eigenvalue weighted by molar-refractivity contribution is 5.83. The fraction of sp³-hybridized carbons (Fsp3) is 0.333. The zero-order chi connectivity index (χ0) is 24.1. The SMILES string of the molecule is CC(C)NC(=O)O[C@@H]1CC[C@H](c2cc(Nc3cc(Oc4cccc(O)c4C=O)ccn3)n[nH]2)C1. The van der Waals surface area contributed by atoms with Gasteiger partial charge in [-0.05, 0) is 51.3 Å². The Kier molecular flexibility index (Phi) is 6.95. The number of aldehydes is 1. The number of anilines is 2. The molecule has 1 aromatic carbocycles. The van der Waals surface area contributed by atoms with E-state index in [1.54, 1.807) is 30.5 Å². The number of aromatic hydroxyl groups is 1. The fourth-order valence-electron chi connectivity index (χ4n) is 3.90. The summed E-state index contributed by atoms with van der Waals surface area (Å²) in [7, 11) is 0. The molecule has 0 spiro atoms. The molecule has 4 rings (SSSR count). The summed E-state index contributed by atoms with van der Waals surface area (Å²) in [6, 6.07) is 9.88. The highest BCUT2D eigenvalue weighted by Gasteiger charge is 2.30. The van der Waals surface area contributed by atoms with E-state index in [-0.39, 0.29) is 41.2 Å². The largest absolute Gasteiger partial charge is 0.507 e. The Morgan fingerprint density at radius 2 is 2.09 bits per heavy atom. The Labute approximate surface area is 196 Å². The highest BCUT2D eigenvalue weighted by Crippen LogP contribution is 2.36. The van der Waals surface area contributed by atoms with Crippen LogP contribution in [0.4, 0.5) is 16.4 Å². The molecule has 1 fully saturated rings. The average Bonchev–Trinajstić information content (AvgIpc) is 3.43. The zero-order valence-corrected chi connectivity index (χ0v) is 18.9. The van der Waals surface area contributed by atoms with Crippen molar-refractivity contribution in [2.24, 2.45) is 0 Å². The molecule has 10 nitrogen and oxygen atoms in total. The van der Waals surface area contributed by atoms with E-state index in [0.717, 1.165) is 25.0 Å². The smallest absolute Gasteiger partial charge is 0.407 e. The predicted octanol–water partition coefficient (Wildman–Crippen LogP) is 4.63. The van der Waals surface area contributed by atoms with Crippen molar-refractivity contribution >= 4 is 24.0 Å². The number of rotatable bonds is 8. The summed E-state index contributed by atoms with van der Waals surface area (Å²) in [5, 5.41) is 23.1. The zero-order valence-electron chi connectivity index (χ0n) is 18.9. The third-order valence-electron chi connectivity index (χ3n) is 5.48. The minimum Gasteiger partial charge on any atom is -0.507 e. The molecule has 0 aliphatic heterocycles. The second-order valence-corrected chi connectivity index (χ2v) is 8.46. The van der Waals surface area contributed by atoms with E-state index in [0.29, 0.717) is 23.7 Å². The van der Waals surface area contributed by atoms with Gasteiger partial charge < -0.3 is 25.2 Å². The maximum Gasteiger partial charge on any atom is 0.407 e. The normalized spacial score (nSPS) is 17.4. The number of ether oxygens (including phenoxy) is 2. The van der Waals surface area contributed by atoms with Crippen molar-refractivity contribution in [3.8, 4) is 17.2 Å². The predicted molar refractivity (Wildman–Crippen MR) is 125 cm³/mol. The van der Waals surface area contributed by atoms with Crippen LogP contribution in [-0.4, -0.2) is 44.8 Å². The molecule has 34 heavy (non-hydrogen) atoms. The van der Waals surface area contributed by atoms with Gasteiger partial charge in [-0.2, -0.15) is 5.10 Å². The fourth-order valence-corrected chi connectivity index (χ4v) is 3.90. The number of phenolic OH excluding ortho intramolecular Hbond substituents is 1. The van der Waals surface area contributed by atoms with E-state index in [2.05, 4.69) is 25.8 Å². The molecule has 1 aliphatic carbocycles. The number of nitrogens with zero attached hydrogens (tertiary/aromatic N) is 2. The summed E-state index contributed by atoms with van der Waals surface area (Å²) < 4.78 is 11.3. The Balaban J connectivity index is 1.37. The number of carbonyl (C=O) groups is 2. The third kappa shape index (κ3) is 5.64. The van der Waals surface area contributed by atoms with E-state index in [1.165, 1.54) is 6.07 Å². The molecule has 178 valence electrons. The highest BCUT2D eigenvalue weighted by atomic mass is 16.6. The molecule has 2 heterocycles. The van der Waals surface area contributed by atoms with Crippen LogP contribution in [0.25, 0.3) is 0 Å². The molecule has 0 unspecified atom stereocenters. The molecule has 0 bridgehead atoms. The molecule has 2 atom stereocenters. The Hall–Kier alpha value is -4.08. The van der Waals surface area contributed by atoms with E-state index in [4.69, 9.17) is 9.47 Å². The molecule has 10 heteroatoms. The van der Waals surface area contributed by atoms with Crippen molar-refractivity contribution in [2.45, 2.75) is 51.2 Å². The number of amides is 1. The van der Waals surface area contributed by atoms with Crippen LogP contribution in [0.2, 0.25) is 0 Å². The number of hydrogen-bond donors (Lipinski definition) is 4. The molecule has 0 saturated heterocycles. The number of H-pyrrole nitrogens is 1. The monoisotopic (exact) mass is 465 g/mol. The van der Waals surface area contributed by atoms with Gasteiger partial charge in [-0.1, -0.05) is 6.07 Å². The molecular formula is C24H27N5O5. The number of alkyl carbamates (subject to hydrolysis) is 1. The summed E-state index contributed by atoms with van der Waals surface area (Å²) in [5.74, 6) is 1.85. The van der Waals surface area contributed by atoms with Crippen LogP contribution < -0.4 is 15.4 Å². The molecule has 4 N–H and O–H groups in total.